The Balaban J connectivity index is 1.79. The number of nitrogens with one attached hydrogen (secondary N) is 1. The number of amides is 2. The molecule has 0 fully saturated rings. The van der Waals surface area contributed by atoms with Crippen LogP contribution in [-0.2, 0) is 22.6 Å². The molecule has 0 heterocycles. The summed E-state index contributed by atoms with van der Waals surface area (Å²) >= 11 is 0. The van der Waals surface area contributed by atoms with Crippen LogP contribution in [0.4, 0.5) is 0 Å². The van der Waals surface area contributed by atoms with Crippen molar-refractivity contribution in [3.8, 4) is 11.5 Å². The predicted octanol–water partition coefficient (Wildman–Crippen LogP) is 4.54. The van der Waals surface area contributed by atoms with E-state index in [1.54, 1.807) is 19.1 Å². The summed E-state index contributed by atoms with van der Waals surface area (Å²) in [6.07, 6.45) is 0.982. The molecule has 0 radical (unpaired) electrons. The maximum absolute atomic E-state index is 13.4. The van der Waals surface area contributed by atoms with Crippen molar-refractivity contribution in [2.24, 2.45) is 0 Å². The van der Waals surface area contributed by atoms with Gasteiger partial charge in [-0.05, 0) is 47.4 Å². The lowest BCUT2D eigenvalue weighted by Gasteiger charge is -2.31. The molecule has 1 N–H and O–H groups in total. The highest BCUT2D eigenvalue weighted by molar-refractivity contribution is 5.88. The van der Waals surface area contributed by atoms with Gasteiger partial charge >= 0.3 is 0 Å². The zero-order chi connectivity index (χ0) is 24.3. The van der Waals surface area contributed by atoms with Crippen LogP contribution in [0.25, 0.3) is 0 Å². The topological polar surface area (TPSA) is 67.9 Å². The summed E-state index contributed by atoms with van der Waals surface area (Å²) in [5.74, 6) is 1.25. The molecule has 0 aliphatic carbocycles. The first-order valence-electron chi connectivity index (χ1n) is 11.4. The Labute approximate surface area is 201 Å². The van der Waals surface area contributed by atoms with E-state index in [0.717, 1.165) is 28.2 Å². The number of carbonyl (C=O) groups excluding carboxylic acids is 2. The van der Waals surface area contributed by atoms with Crippen LogP contribution in [0.2, 0.25) is 0 Å². The number of rotatable bonds is 11. The van der Waals surface area contributed by atoms with Gasteiger partial charge in [-0.25, -0.2) is 0 Å². The number of ether oxygens (including phenoxy) is 2. The van der Waals surface area contributed by atoms with Crippen molar-refractivity contribution >= 4 is 11.8 Å². The first-order valence-corrected chi connectivity index (χ1v) is 11.4. The molecule has 0 saturated carbocycles. The molecule has 6 nitrogen and oxygen atoms in total. The van der Waals surface area contributed by atoms with E-state index in [4.69, 9.17) is 9.47 Å². The summed E-state index contributed by atoms with van der Waals surface area (Å²) in [7, 11) is 3.25. The van der Waals surface area contributed by atoms with Crippen LogP contribution in [0.5, 0.6) is 11.5 Å². The Kier molecular flexibility index (Phi) is 9.09. The Bertz CT molecular complexity index is 1050. The second-order valence-corrected chi connectivity index (χ2v) is 7.93. The van der Waals surface area contributed by atoms with Crippen molar-refractivity contribution in [3.63, 3.8) is 0 Å². The largest absolute Gasteiger partial charge is 0.497 e. The third kappa shape index (κ3) is 6.61. The minimum Gasteiger partial charge on any atom is -0.497 e. The first kappa shape index (κ1) is 24.8. The van der Waals surface area contributed by atoms with Gasteiger partial charge in [0, 0.05) is 19.5 Å². The fourth-order valence-corrected chi connectivity index (χ4v) is 3.78. The standard InChI is InChI=1S/C28H32N2O4/c1-4-26(31)30(20-22-12-16-25(34-3)17-13-22)27(23-8-6-5-7-9-23)28(32)29-19-18-21-10-14-24(33-2)15-11-21/h5-17,27H,4,18-20H2,1-3H3,(H,29,32)/t27-/m0/s1. The molecule has 0 unspecified atom stereocenters. The highest BCUT2D eigenvalue weighted by Gasteiger charge is 2.30. The van der Waals surface area contributed by atoms with Crippen LogP contribution < -0.4 is 14.8 Å². The fourth-order valence-electron chi connectivity index (χ4n) is 3.78. The molecule has 3 aromatic rings. The molecule has 3 aromatic carbocycles. The smallest absolute Gasteiger partial charge is 0.247 e. The maximum Gasteiger partial charge on any atom is 0.247 e. The lowest BCUT2D eigenvalue weighted by Crippen LogP contribution is -2.43. The van der Waals surface area contributed by atoms with Gasteiger partial charge in [-0.3, -0.25) is 9.59 Å². The van der Waals surface area contributed by atoms with Crippen molar-refractivity contribution in [2.75, 3.05) is 20.8 Å². The molecule has 0 saturated heterocycles. The molecule has 1 atom stereocenters. The highest BCUT2D eigenvalue weighted by atomic mass is 16.5. The minimum absolute atomic E-state index is 0.0880. The summed E-state index contributed by atoms with van der Waals surface area (Å²) in [6.45, 7) is 2.60. The van der Waals surface area contributed by atoms with E-state index in [0.29, 0.717) is 25.9 Å². The maximum atomic E-state index is 13.4. The summed E-state index contributed by atoms with van der Waals surface area (Å²) in [5, 5.41) is 3.04. The number of hydrogen-bond acceptors (Lipinski definition) is 4. The van der Waals surface area contributed by atoms with Crippen molar-refractivity contribution in [2.45, 2.75) is 32.4 Å². The summed E-state index contributed by atoms with van der Waals surface area (Å²) in [5.41, 5.74) is 2.80. The number of benzene rings is 3. The molecule has 0 aromatic heterocycles. The Morgan fingerprint density at radius 2 is 1.38 bits per heavy atom. The molecule has 0 aliphatic rings. The SMILES string of the molecule is CCC(=O)N(Cc1ccc(OC)cc1)[C@H](C(=O)NCCc1ccc(OC)cc1)c1ccccc1. The summed E-state index contributed by atoms with van der Waals surface area (Å²) in [6, 6.07) is 24.0. The fraction of sp³-hybridized carbons (Fsp3) is 0.286. The van der Waals surface area contributed by atoms with Gasteiger partial charge in [0.25, 0.3) is 0 Å². The van der Waals surface area contributed by atoms with E-state index in [-0.39, 0.29) is 11.8 Å². The zero-order valence-electron chi connectivity index (χ0n) is 20.0. The van der Waals surface area contributed by atoms with Gasteiger partial charge in [0.1, 0.15) is 17.5 Å². The molecular weight excluding hydrogens is 428 g/mol. The van der Waals surface area contributed by atoms with Crippen LogP contribution >= 0.6 is 0 Å². The number of hydrogen-bond donors (Lipinski definition) is 1. The van der Waals surface area contributed by atoms with Gasteiger partial charge in [0.2, 0.25) is 11.8 Å². The van der Waals surface area contributed by atoms with Gasteiger partial charge in [0.05, 0.1) is 14.2 Å². The van der Waals surface area contributed by atoms with Crippen LogP contribution in [-0.4, -0.2) is 37.5 Å². The van der Waals surface area contributed by atoms with E-state index in [9.17, 15) is 9.59 Å². The monoisotopic (exact) mass is 460 g/mol. The van der Waals surface area contributed by atoms with Crippen molar-refractivity contribution in [1.82, 2.24) is 10.2 Å². The van der Waals surface area contributed by atoms with Crippen molar-refractivity contribution in [1.29, 1.82) is 0 Å². The number of nitrogens with zero attached hydrogens (tertiary/aromatic N) is 1. The minimum atomic E-state index is -0.730. The molecule has 0 bridgehead atoms. The Morgan fingerprint density at radius 1 is 0.824 bits per heavy atom. The van der Waals surface area contributed by atoms with Crippen LogP contribution in [0, 0.1) is 0 Å². The Hall–Kier alpha value is -3.80. The van der Waals surface area contributed by atoms with Gasteiger partial charge in [0.15, 0.2) is 0 Å². The molecular formula is C28H32N2O4. The van der Waals surface area contributed by atoms with Gasteiger partial charge < -0.3 is 19.7 Å². The second kappa shape index (κ2) is 12.4. The third-order valence-electron chi connectivity index (χ3n) is 5.68. The van der Waals surface area contributed by atoms with Gasteiger partial charge in [-0.2, -0.15) is 0 Å². The third-order valence-corrected chi connectivity index (χ3v) is 5.68. The molecule has 34 heavy (non-hydrogen) atoms. The second-order valence-electron chi connectivity index (χ2n) is 7.93. The van der Waals surface area contributed by atoms with Crippen molar-refractivity contribution in [3.05, 3.63) is 95.6 Å². The van der Waals surface area contributed by atoms with E-state index >= 15 is 0 Å². The normalized spacial score (nSPS) is 11.4. The average molecular weight is 461 g/mol. The molecule has 2 amide bonds. The van der Waals surface area contributed by atoms with Gasteiger partial charge in [-0.1, -0.05) is 61.5 Å². The van der Waals surface area contributed by atoms with E-state index in [1.807, 2.05) is 85.8 Å². The van der Waals surface area contributed by atoms with E-state index in [2.05, 4.69) is 5.32 Å². The zero-order valence-corrected chi connectivity index (χ0v) is 20.0. The summed E-state index contributed by atoms with van der Waals surface area (Å²) < 4.78 is 10.4. The average Bonchev–Trinajstić information content (AvgIpc) is 2.89. The van der Waals surface area contributed by atoms with Gasteiger partial charge in [-0.15, -0.1) is 0 Å². The number of methoxy groups -OCH3 is 2. The van der Waals surface area contributed by atoms with Crippen molar-refractivity contribution < 1.29 is 19.1 Å². The summed E-state index contributed by atoms with van der Waals surface area (Å²) in [4.78, 5) is 28.1. The molecule has 0 spiro atoms. The molecule has 0 aliphatic heterocycles. The Morgan fingerprint density at radius 3 is 1.91 bits per heavy atom. The molecule has 3 rings (SSSR count). The van der Waals surface area contributed by atoms with Crippen LogP contribution in [0.1, 0.15) is 36.1 Å². The quantitative estimate of drug-likeness (QED) is 0.456. The first-order chi connectivity index (χ1) is 16.5. The lowest BCUT2D eigenvalue weighted by molar-refractivity contribution is -0.141. The molecule has 6 heteroatoms. The van der Waals surface area contributed by atoms with E-state index < -0.39 is 6.04 Å². The predicted molar refractivity (Wildman–Crippen MR) is 133 cm³/mol. The highest BCUT2D eigenvalue weighted by Crippen LogP contribution is 2.25. The van der Waals surface area contributed by atoms with E-state index in [1.165, 1.54) is 0 Å². The van der Waals surface area contributed by atoms with Crippen LogP contribution in [0.15, 0.2) is 78.9 Å². The lowest BCUT2D eigenvalue weighted by atomic mass is 10.0. The van der Waals surface area contributed by atoms with Crippen LogP contribution in [0.3, 0.4) is 0 Å². The molecule has 178 valence electrons. The number of carbonyl (C=O) groups is 2.